The number of nitrogens with zero attached hydrogens (tertiary/aromatic N) is 3. The van der Waals surface area contributed by atoms with E-state index >= 15 is 0 Å². The molecule has 0 radical (unpaired) electrons. The van der Waals surface area contributed by atoms with Gasteiger partial charge in [-0.2, -0.15) is 10.4 Å². The molecule has 1 aromatic heterocycles. The molecular formula is C14H16N4O. The lowest BCUT2D eigenvalue weighted by Crippen LogP contribution is -2.13. The van der Waals surface area contributed by atoms with Gasteiger partial charge in [-0.1, -0.05) is 0 Å². The van der Waals surface area contributed by atoms with Gasteiger partial charge in [-0.15, -0.1) is 0 Å². The van der Waals surface area contributed by atoms with Crippen molar-refractivity contribution in [2.24, 2.45) is 7.05 Å². The van der Waals surface area contributed by atoms with Crippen molar-refractivity contribution < 1.29 is 4.74 Å². The van der Waals surface area contributed by atoms with E-state index in [1.165, 1.54) is 0 Å². The van der Waals surface area contributed by atoms with E-state index in [4.69, 9.17) is 10.00 Å². The number of ether oxygens (including phenoxy) is 1. The van der Waals surface area contributed by atoms with E-state index in [2.05, 4.69) is 16.5 Å². The molecule has 0 fully saturated rings. The highest BCUT2D eigenvalue weighted by Gasteiger charge is 2.04. The normalized spacial score (nSPS) is 10.2. The standard InChI is InChI=1S/C14H16N4O/c1-18-10-12(8-17-18)7-16-9-13-5-11(6-15)3-4-14(13)19-2/h3-5,8,10,16H,7,9H2,1-2H3. The minimum Gasteiger partial charge on any atom is -0.496 e. The number of benzene rings is 1. The largest absolute Gasteiger partial charge is 0.496 e. The van der Waals surface area contributed by atoms with Gasteiger partial charge in [-0.25, -0.2) is 0 Å². The Labute approximate surface area is 112 Å². The van der Waals surface area contributed by atoms with Gasteiger partial charge in [-0.05, 0) is 18.2 Å². The first-order chi connectivity index (χ1) is 9.22. The van der Waals surface area contributed by atoms with Gasteiger partial charge in [0.15, 0.2) is 0 Å². The van der Waals surface area contributed by atoms with Crippen LogP contribution in [0.1, 0.15) is 16.7 Å². The van der Waals surface area contributed by atoms with Crippen molar-refractivity contribution in [3.05, 3.63) is 47.3 Å². The SMILES string of the molecule is COc1ccc(C#N)cc1CNCc1cnn(C)c1. The van der Waals surface area contributed by atoms with Gasteiger partial charge in [-0.3, -0.25) is 4.68 Å². The van der Waals surface area contributed by atoms with Crippen LogP contribution in [0.15, 0.2) is 30.6 Å². The van der Waals surface area contributed by atoms with Crippen LogP contribution in [0.2, 0.25) is 0 Å². The Balaban J connectivity index is 2.00. The quantitative estimate of drug-likeness (QED) is 0.882. The van der Waals surface area contributed by atoms with Crippen LogP contribution in [0.25, 0.3) is 0 Å². The van der Waals surface area contributed by atoms with Gasteiger partial charge in [0, 0.05) is 37.5 Å². The third-order valence-corrected chi connectivity index (χ3v) is 2.81. The molecule has 5 heteroatoms. The number of nitrogens with one attached hydrogen (secondary N) is 1. The maximum atomic E-state index is 8.91. The second-order valence-electron chi connectivity index (χ2n) is 4.26. The Morgan fingerprint density at radius 2 is 2.26 bits per heavy atom. The van der Waals surface area contributed by atoms with E-state index in [0.29, 0.717) is 12.1 Å². The highest BCUT2D eigenvalue weighted by Crippen LogP contribution is 2.19. The first-order valence-corrected chi connectivity index (χ1v) is 5.98. The summed E-state index contributed by atoms with van der Waals surface area (Å²) in [6.45, 7) is 1.38. The van der Waals surface area contributed by atoms with Crippen LogP contribution >= 0.6 is 0 Å². The van der Waals surface area contributed by atoms with Crippen LogP contribution in [-0.2, 0) is 20.1 Å². The monoisotopic (exact) mass is 256 g/mol. The molecule has 0 unspecified atom stereocenters. The van der Waals surface area contributed by atoms with Crippen molar-refractivity contribution in [3.63, 3.8) is 0 Å². The summed E-state index contributed by atoms with van der Waals surface area (Å²) in [6, 6.07) is 7.55. The molecule has 1 heterocycles. The second kappa shape index (κ2) is 6.03. The Hall–Kier alpha value is -2.32. The average Bonchev–Trinajstić information content (AvgIpc) is 2.84. The first kappa shape index (κ1) is 13.1. The lowest BCUT2D eigenvalue weighted by atomic mass is 10.1. The summed E-state index contributed by atoms with van der Waals surface area (Å²) in [5.74, 6) is 0.790. The summed E-state index contributed by atoms with van der Waals surface area (Å²) in [5, 5.41) is 16.3. The fourth-order valence-corrected chi connectivity index (χ4v) is 1.89. The number of aromatic nitrogens is 2. The average molecular weight is 256 g/mol. The molecule has 98 valence electrons. The van der Waals surface area contributed by atoms with Crippen molar-refractivity contribution in [3.8, 4) is 11.8 Å². The maximum Gasteiger partial charge on any atom is 0.123 e. The van der Waals surface area contributed by atoms with E-state index in [0.717, 1.165) is 23.4 Å². The number of hydrogen-bond donors (Lipinski definition) is 1. The van der Waals surface area contributed by atoms with Crippen LogP contribution < -0.4 is 10.1 Å². The molecule has 2 rings (SSSR count). The molecule has 0 aliphatic carbocycles. The minimum atomic E-state index is 0.638. The van der Waals surface area contributed by atoms with Crippen molar-refractivity contribution >= 4 is 0 Å². The van der Waals surface area contributed by atoms with E-state index in [1.807, 2.05) is 31.6 Å². The second-order valence-corrected chi connectivity index (χ2v) is 4.26. The highest BCUT2D eigenvalue weighted by atomic mass is 16.5. The third-order valence-electron chi connectivity index (χ3n) is 2.81. The molecule has 0 saturated heterocycles. The molecule has 0 saturated carbocycles. The van der Waals surface area contributed by atoms with Gasteiger partial charge < -0.3 is 10.1 Å². The Morgan fingerprint density at radius 1 is 1.42 bits per heavy atom. The van der Waals surface area contributed by atoms with Crippen molar-refractivity contribution in [2.75, 3.05) is 7.11 Å². The van der Waals surface area contributed by atoms with Crippen molar-refractivity contribution in [2.45, 2.75) is 13.1 Å². The predicted molar refractivity (Wildman–Crippen MR) is 71.5 cm³/mol. The molecule has 1 N–H and O–H groups in total. The van der Waals surface area contributed by atoms with Crippen LogP contribution in [0.3, 0.4) is 0 Å². The highest BCUT2D eigenvalue weighted by molar-refractivity contribution is 5.42. The number of hydrogen-bond acceptors (Lipinski definition) is 4. The fourth-order valence-electron chi connectivity index (χ4n) is 1.89. The molecule has 0 amide bonds. The molecule has 0 atom stereocenters. The maximum absolute atomic E-state index is 8.91. The lowest BCUT2D eigenvalue weighted by Gasteiger charge is -2.09. The van der Waals surface area contributed by atoms with E-state index in [-0.39, 0.29) is 0 Å². The Morgan fingerprint density at radius 3 is 2.89 bits per heavy atom. The zero-order valence-electron chi connectivity index (χ0n) is 11.1. The van der Waals surface area contributed by atoms with Gasteiger partial charge in [0.2, 0.25) is 0 Å². The van der Waals surface area contributed by atoms with Crippen molar-refractivity contribution in [1.29, 1.82) is 5.26 Å². The van der Waals surface area contributed by atoms with E-state index in [9.17, 15) is 0 Å². The van der Waals surface area contributed by atoms with E-state index < -0.39 is 0 Å². The van der Waals surface area contributed by atoms with Gasteiger partial charge in [0.25, 0.3) is 0 Å². The number of nitriles is 1. The molecule has 0 spiro atoms. The smallest absolute Gasteiger partial charge is 0.123 e. The van der Waals surface area contributed by atoms with Crippen LogP contribution in [0.5, 0.6) is 5.75 Å². The number of rotatable bonds is 5. The summed E-state index contributed by atoms with van der Waals surface area (Å²) >= 11 is 0. The zero-order valence-corrected chi connectivity index (χ0v) is 11.1. The van der Waals surface area contributed by atoms with Gasteiger partial charge >= 0.3 is 0 Å². The molecule has 5 nitrogen and oxygen atoms in total. The van der Waals surface area contributed by atoms with E-state index in [1.54, 1.807) is 17.9 Å². The van der Waals surface area contributed by atoms with Gasteiger partial charge in [0.05, 0.1) is 24.9 Å². The third kappa shape index (κ3) is 3.33. The molecule has 0 aliphatic rings. The molecule has 0 aliphatic heterocycles. The van der Waals surface area contributed by atoms with Gasteiger partial charge in [0.1, 0.15) is 5.75 Å². The summed E-state index contributed by atoms with van der Waals surface area (Å²) < 4.78 is 7.06. The zero-order chi connectivity index (χ0) is 13.7. The van der Waals surface area contributed by atoms with Crippen LogP contribution in [-0.4, -0.2) is 16.9 Å². The molecule has 1 aromatic carbocycles. The minimum absolute atomic E-state index is 0.638. The first-order valence-electron chi connectivity index (χ1n) is 5.98. The topological polar surface area (TPSA) is 62.9 Å². The van der Waals surface area contributed by atoms with Crippen LogP contribution in [0, 0.1) is 11.3 Å². The molecule has 2 aromatic rings. The lowest BCUT2D eigenvalue weighted by molar-refractivity contribution is 0.407. The summed E-state index contributed by atoms with van der Waals surface area (Å²) in [4.78, 5) is 0. The summed E-state index contributed by atoms with van der Waals surface area (Å²) in [7, 11) is 3.52. The van der Waals surface area contributed by atoms with Crippen molar-refractivity contribution in [1.82, 2.24) is 15.1 Å². The Kier molecular flexibility index (Phi) is 4.16. The number of aryl methyl sites for hydroxylation is 1. The number of methoxy groups -OCH3 is 1. The summed E-state index contributed by atoms with van der Waals surface area (Å²) in [5.41, 5.74) is 2.74. The molecular weight excluding hydrogens is 240 g/mol. The predicted octanol–water partition coefficient (Wildman–Crippen LogP) is 1.59. The Bertz CT molecular complexity index is 598. The summed E-state index contributed by atoms with van der Waals surface area (Å²) in [6.07, 6.45) is 3.80. The fraction of sp³-hybridized carbons (Fsp3) is 0.286. The molecule has 0 bridgehead atoms. The molecule has 19 heavy (non-hydrogen) atoms. The van der Waals surface area contributed by atoms with Crippen LogP contribution in [0.4, 0.5) is 0 Å².